The fourth-order valence-corrected chi connectivity index (χ4v) is 4.01. The van der Waals surface area contributed by atoms with Gasteiger partial charge in [0.05, 0.1) is 13.0 Å². The van der Waals surface area contributed by atoms with Gasteiger partial charge in [-0.3, -0.25) is 9.59 Å². The van der Waals surface area contributed by atoms with Crippen molar-refractivity contribution >= 4 is 18.0 Å². The largest absolute Gasteiger partial charge is 0.481 e. The minimum Gasteiger partial charge on any atom is -0.481 e. The minimum atomic E-state index is -1.00. The first-order chi connectivity index (χ1) is 15.9. The highest BCUT2D eigenvalue weighted by molar-refractivity contribution is 5.92. The van der Waals surface area contributed by atoms with Gasteiger partial charge in [0.25, 0.3) is 5.91 Å². The van der Waals surface area contributed by atoms with Crippen LogP contribution in [0.5, 0.6) is 0 Å². The molecule has 2 aromatic carbocycles. The summed E-state index contributed by atoms with van der Waals surface area (Å²) in [4.78, 5) is 35.1. The molecule has 1 aromatic heterocycles. The minimum absolute atomic E-state index is 0.0325. The van der Waals surface area contributed by atoms with Gasteiger partial charge in [0.15, 0.2) is 5.76 Å². The number of carbonyl (C=O) groups excluding carboxylic acids is 2. The zero-order valence-electron chi connectivity index (χ0n) is 18.0. The smallest absolute Gasteiger partial charge is 0.407 e. The maximum atomic E-state index is 12.3. The molecule has 1 atom stereocenters. The van der Waals surface area contributed by atoms with Crippen molar-refractivity contribution in [3.63, 3.8) is 0 Å². The monoisotopic (exact) mass is 448 g/mol. The summed E-state index contributed by atoms with van der Waals surface area (Å²) in [7, 11) is 0. The fourth-order valence-electron chi connectivity index (χ4n) is 4.01. The van der Waals surface area contributed by atoms with Gasteiger partial charge in [-0.1, -0.05) is 48.5 Å². The molecule has 0 radical (unpaired) electrons. The van der Waals surface area contributed by atoms with E-state index in [0.29, 0.717) is 5.76 Å². The van der Waals surface area contributed by atoms with E-state index >= 15 is 0 Å². The summed E-state index contributed by atoms with van der Waals surface area (Å²) in [6.07, 6.45) is -0.780. The summed E-state index contributed by atoms with van der Waals surface area (Å²) in [5.74, 6) is -1.14. The van der Waals surface area contributed by atoms with E-state index in [1.54, 1.807) is 13.0 Å². The number of carboxylic acid groups (broad SMARTS) is 1. The van der Waals surface area contributed by atoms with Crippen LogP contribution in [-0.2, 0) is 16.1 Å². The first-order valence-corrected chi connectivity index (χ1v) is 10.6. The third-order valence-corrected chi connectivity index (χ3v) is 5.49. The molecule has 0 bridgehead atoms. The van der Waals surface area contributed by atoms with Crippen LogP contribution in [0, 0.1) is 0 Å². The number of amides is 2. The fraction of sp³-hybridized carbons (Fsp3) is 0.240. The molecule has 1 unspecified atom stereocenters. The first-order valence-electron chi connectivity index (χ1n) is 10.6. The van der Waals surface area contributed by atoms with Crippen molar-refractivity contribution in [2.24, 2.45) is 0 Å². The average molecular weight is 448 g/mol. The van der Waals surface area contributed by atoms with Crippen LogP contribution in [0.3, 0.4) is 0 Å². The molecule has 0 spiro atoms. The van der Waals surface area contributed by atoms with Crippen LogP contribution in [0.1, 0.15) is 46.7 Å². The van der Waals surface area contributed by atoms with Gasteiger partial charge in [0.2, 0.25) is 0 Å². The Bertz CT molecular complexity index is 1140. The third-order valence-electron chi connectivity index (χ3n) is 5.49. The Morgan fingerprint density at radius 3 is 2.27 bits per heavy atom. The topological polar surface area (TPSA) is 118 Å². The van der Waals surface area contributed by atoms with Gasteiger partial charge in [-0.25, -0.2) is 4.79 Å². The summed E-state index contributed by atoms with van der Waals surface area (Å²) in [6.45, 7) is 1.84. The van der Waals surface area contributed by atoms with E-state index in [1.165, 1.54) is 6.07 Å². The Balaban J connectivity index is 1.30. The SMILES string of the molecule is CC(CC(=O)O)NC(=O)c1ccc(CNC(=O)OCC2c3ccccc3-c3ccccc32)o1. The van der Waals surface area contributed by atoms with Crippen LogP contribution in [-0.4, -0.2) is 35.7 Å². The molecule has 0 saturated carbocycles. The van der Waals surface area contributed by atoms with Gasteiger partial charge in [0, 0.05) is 12.0 Å². The van der Waals surface area contributed by atoms with Crippen LogP contribution < -0.4 is 10.6 Å². The normalized spacial score (nSPS) is 13.0. The van der Waals surface area contributed by atoms with Crippen LogP contribution in [0.15, 0.2) is 65.1 Å². The maximum Gasteiger partial charge on any atom is 0.407 e. The molecule has 0 fully saturated rings. The number of rotatable bonds is 8. The molecule has 8 nitrogen and oxygen atoms in total. The Labute approximate surface area is 190 Å². The molecule has 0 aliphatic heterocycles. The maximum absolute atomic E-state index is 12.3. The number of ether oxygens (including phenoxy) is 1. The van der Waals surface area contributed by atoms with Crippen LogP contribution >= 0.6 is 0 Å². The number of carbonyl (C=O) groups is 3. The highest BCUT2D eigenvalue weighted by Gasteiger charge is 2.29. The van der Waals surface area contributed by atoms with Crippen molar-refractivity contribution < 1.29 is 28.6 Å². The van der Waals surface area contributed by atoms with Gasteiger partial charge >= 0.3 is 12.1 Å². The Hall–Kier alpha value is -4.07. The van der Waals surface area contributed by atoms with Gasteiger partial charge < -0.3 is 24.9 Å². The van der Waals surface area contributed by atoms with E-state index in [2.05, 4.69) is 22.8 Å². The highest BCUT2D eigenvalue weighted by Crippen LogP contribution is 2.44. The number of nitrogens with one attached hydrogen (secondary N) is 2. The lowest BCUT2D eigenvalue weighted by Gasteiger charge is -2.14. The molecule has 33 heavy (non-hydrogen) atoms. The molecule has 8 heteroatoms. The van der Waals surface area contributed by atoms with Gasteiger partial charge in [-0.15, -0.1) is 0 Å². The van der Waals surface area contributed by atoms with E-state index in [1.807, 2.05) is 36.4 Å². The zero-order chi connectivity index (χ0) is 23.4. The Morgan fingerprint density at radius 2 is 1.64 bits per heavy atom. The number of fused-ring (bicyclic) bond motifs is 3. The lowest BCUT2D eigenvalue weighted by molar-refractivity contribution is -0.137. The predicted octanol–water partition coefficient (Wildman–Crippen LogP) is 3.91. The average Bonchev–Trinajstić information content (AvgIpc) is 3.39. The number of benzene rings is 2. The summed E-state index contributed by atoms with van der Waals surface area (Å²) in [5, 5.41) is 14.0. The predicted molar refractivity (Wildman–Crippen MR) is 120 cm³/mol. The standard InChI is InChI=1S/C25H24N2O6/c1-15(12-23(28)29)27-24(30)22-11-10-16(33-22)13-26-25(31)32-14-21-19-8-4-2-6-17(19)18-7-3-5-9-20(18)21/h2-11,15,21H,12-14H2,1H3,(H,26,31)(H,27,30)(H,28,29). The first kappa shape index (κ1) is 22.1. The number of furan rings is 1. The molecule has 3 N–H and O–H groups in total. The van der Waals surface area contributed by atoms with Crippen LogP contribution in [0.4, 0.5) is 4.79 Å². The molecule has 170 valence electrons. The third kappa shape index (κ3) is 5.06. The van der Waals surface area contributed by atoms with Gasteiger partial charge in [-0.2, -0.15) is 0 Å². The number of hydrogen-bond donors (Lipinski definition) is 3. The Kier molecular flexibility index (Phi) is 6.44. The van der Waals surface area contributed by atoms with E-state index in [-0.39, 0.29) is 31.3 Å². The number of alkyl carbamates (subject to hydrolysis) is 1. The zero-order valence-corrected chi connectivity index (χ0v) is 18.0. The second-order valence-corrected chi connectivity index (χ2v) is 7.92. The molecule has 4 rings (SSSR count). The van der Waals surface area contributed by atoms with Crippen molar-refractivity contribution in [2.75, 3.05) is 6.61 Å². The van der Waals surface area contributed by atoms with Gasteiger partial charge in [-0.05, 0) is 41.3 Å². The van der Waals surface area contributed by atoms with Crippen LogP contribution in [0.2, 0.25) is 0 Å². The van der Waals surface area contributed by atoms with Crippen molar-refractivity contribution in [2.45, 2.75) is 31.8 Å². The number of hydrogen-bond acceptors (Lipinski definition) is 5. The van der Waals surface area contributed by atoms with Gasteiger partial charge in [0.1, 0.15) is 12.4 Å². The Morgan fingerprint density at radius 1 is 1.00 bits per heavy atom. The van der Waals surface area contributed by atoms with E-state index in [0.717, 1.165) is 22.3 Å². The van der Waals surface area contributed by atoms with E-state index < -0.39 is 24.0 Å². The lowest BCUT2D eigenvalue weighted by Crippen LogP contribution is -2.33. The summed E-state index contributed by atoms with van der Waals surface area (Å²) in [6, 6.07) is 18.7. The second-order valence-electron chi connectivity index (χ2n) is 7.92. The van der Waals surface area contributed by atoms with E-state index in [4.69, 9.17) is 14.3 Å². The molecular weight excluding hydrogens is 424 g/mol. The van der Waals surface area contributed by atoms with E-state index in [9.17, 15) is 14.4 Å². The molecule has 0 saturated heterocycles. The molecule has 1 aliphatic rings. The summed E-state index contributed by atoms with van der Waals surface area (Å²) >= 11 is 0. The van der Waals surface area contributed by atoms with Crippen molar-refractivity contribution in [3.05, 3.63) is 83.3 Å². The summed E-state index contributed by atoms with van der Waals surface area (Å²) in [5.41, 5.74) is 4.57. The van der Waals surface area contributed by atoms with Crippen molar-refractivity contribution in [1.82, 2.24) is 10.6 Å². The second kappa shape index (κ2) is 9.60. The van der Waals surface area contributed by atoms with Crippen LogP contribution in [0.25, 0.3) is 11.1 Å². The highest BCUT2D eigenvalue weighted by atomic mass is 16.5. The molecule has 1 heterocycles. The summed E-state index contributed by atoms with van der Waals surface area (Å²) < 4.78 is 10.9. The molecule has 2 amide bonds. The lowest BCUT2D eigenvalue weighted by atomic mass is 9.98. The molecule has 1 aliphatic carbocycles. The molecular formula is C25H24N2O6. The number of aliphatic carboxylic acids is 1. The quantitative estimate of drug-likeness (QED) is 0.481. The van der Waals surface area contributed by atoms with Crippen molar-refractivity contribution in [1.29, 1.82) is 0 Å². The van der Waals surface area contributed by atoms with Crippen molar-refractivity contribution in [3.8, 4) is 11.1 Å². The number of carboxylic acids is 1. The molecule has 3 aromatic rings.